The average Bonchev–Trinajstić information content (AvgIpc) is 2.84. The molecule has 1 aliphatic rings. The summed E-state index contributed by atoms with van der Waals surface area (Å²) >= 11 is 0. The fraction of sp³-hybridized carbons (Fsp3) is 0.615. The topological polar surface area (TPSA) is 43.3 Å². The van der Waals surface area contributed by atoms with Crippen molar-refractivity contribution in [1.29, 1.82) is 0 Å². The fourth-order valence-electron chi connectivity index (χ4n) is 2.12. The maximum atomic E-state index is 11.4. The van der Waals surface area contributed by atoms with Crippen LogP contribution in [0, 0.1) is 5.92 Å². The zero-order valence-corrected chi connectivity index (χ0v) is 10.1. The Morgan fingerprint density at radius 1 is 1.41 bits per heavy atom. The molecule has 0 bridgehead atoms. The zero-order chi connectivity index (χ0) is 11.9. The molecule has 1 aromatic heterocycles. The molecule has 1 saturated heterocycles. The van der Waals surface area contributed by atoms with Gasteiger partial charge in [-0.3, -0.25) is 4.79 Å². The highest BCUT2D eigenvalue weighted by atomic mass is 16.5. The van der Waals surface area contributed by atoms with Crippen LogP contribution in [0.2, 0.25) is 0 Å². The Morgan fingerprint density at radius 2 is 2.35 bits per heavy atom. The largest absolute Gasteiger partial charge is 0.380 e. The molecule has 17 heavy (non-hydrogen) atoms. The van der Waals surface area contributed by atoms with E-state index in [0.717, 1.165) is 32.0 Å². The van der Waals surface area contributed by atoms with E-state index in [0.29, 0.717) is 13.2 Å². The van der Waals surface area contributed by atoms with Gasteiger partial charge >= 0.3 is 0 Å². The van der Waals surface area contributed by atoms with Gasteiger partial charge in [0.1, 0.15) is 0 Å². The van der Waals surface area contributed by atoms with Gasteiger partial charge in [-0.2, -0.15) is 0 Å². The van der Waals surface area contributed by atoms with Gasteiger partial charge < -0.3 is 14.6 Å². The molecule has 1 aliphatic heterocycles. The lowest BCUT2D eigenvalue weighted by atomic mass is 10.1. The van der Waals surface area contributed by atoms with Crippen LogP contribution < -0.4 is 10.9 Å². The summed E-state index contributed by atoms with van der Waals surface area (Å²) in [7, 11) is 0. The first-order valence-corrected chi connectivity index (χ1v) is 6.30. The molecule has 0 aliphatic carbocycles. The number of ether oxygens (including phenoxy) is 1. The van der Waals surface area contributed by atoms with E-state index in [1.807, 2.05) is 6.07 Å². The molecule has 1 aromatic rings. The second-order valence-electron chi connectivity index (χ2n) is 4.49. The molecule has 0 amide bonds. The Morgan fingerprint density at radius 3 is 3.12 bits per heavy atom. The third-order valence-electron chi connectivity index (χ3n) is 3.21. The number of nitrogens with zero attached hydrogens (tertiary/aromatic N) is 1. The number of nitrogens with one attached hydrogen (secondary N) is 1. The van der Waals surface area contributed by atoms with Gasteiger partial charge in [-0.1, -0.05) is 6.07 Å². The summed E-state index contributed by atoms with van der Waals surface area (Å²) < 4.78 is 7.24. The van der Waals surface area contributed by atoms with Crippen molar-refractivity contribution >= 4 is 0 Å². The highest BCUT2D eigenvalue weighted by molar-refractivity contribution is 4.92. The lowest BCUT2D eigenvalue weighted by molar-refractivity contribution is 0.114. The molecule has 1 N–H and O–H groups in total. The van der Waals surface area contributed by atoms with E-state index in [1.54, 1.807) is 22.9 Å². The lowest BCUT2D eigenvalue weighted by Crippen LogP contribution is -2.20. The van der Waals surface area contributed by atoms with Crippen LogP contribution in [0.5, 0.6) is 0 Å². The van der Waals surface area contributed by atoms with Crippen LogP contribution in [0.3, 0.4) is 0 Å². The molecule has 2 rings (SSSR count). The lowest BCUT2D eigenvalue weighted by Gasteiger charge is -2.09. The van der Waals surface area contributed by atoms with Crippen LogP contribution in [-0.4, -0.2) is 30.9 Å². The number of hydrogen-bond acceptors (Lipinski definition) is 3. The quantitative estimate of drug-likeness (QED) is 0.745. The molecule has 0 aromatic carbocycles. The van der Waals surface area contributed by atoms with Gasteiger partial charge in [0.2, 0.25) is 0 Å². The van der Waals surface area contributed by atoms with Crippen LogP contribution in [0.15, 0.2) is 29.2 Å². The van der Waals surface area contributed by atoms with Crippen molar-refractivity contribution in [3.05, 3.63) is 34.7 Å². The van der Waals surface area contributed by atoms with E-state index in [1.165, 1.54) is 6.42 Å². The predicted molar refractivity (Wildman–Crippen MR) is 67.1 cm³/mol. The summed E-state index contributed by atoms with van der Waals surface area (Å²) in [5.74, 6) is 0.773. The first kappa shape index (κ1) is 12.3. The first-order valence-electron chi connectivity index (χ1n) is 6.30. The van der Waals surface area contributed by atoms with E-state index in [4.69, 9.17) is 4.74 Å². The number of hydrogen-bond donors (Lipinski definition) is 1. The third kappa shape index (κ3) is 3.98. The number of pyridine rings is 1. The van der Waals surface area contributed by atoms with Crippen molar-refractivity contribution in [2.75, 3.05) is 26.3 Å². The van der Waals surface area contributed by atoms with Crippen molar-refractivity contribution in [3.8, 4) is 0 Å². The van der Waals surface area contributed by atoms with E-state index in [-0.39, 0.29) is 5.56 Å². The molecule has 2 heterocycles. The number of aromatic nitrogens is 1. The molecule has 0 saturated carbocycles. The molecule has 1 unspecified atom stereocenters. The van der Waals surface area contributed by atoms with Gasteiger partial charge in [0.15, 0.2) is 0 Å². The molecule has 0 radical (unpaired) electrons. The SMILES string of the molecule is O=c1ccccn1CCOCCC1CCNC1. The molecular weight excluding hydrogens is 216 g/mol. The van der Waals surface area contributed by atoms with Crippen molar-refractivity contribution in [2.24, 2.45) is 5.92 Å². The van der Waals surface area contributed by atoms with Crippen LogP contribution in [0.1, 0.15) is 12.8 Å². The van der Waals surface area contributed by atoms with Crippen molar-refractivity contribution in [2.45, 2.75) is 19.4 Å². The molecule has 0 spiro atoms. The summed E-state index contributed by atoms with van der Waals surface area (Å²) in [6.07, 6.45) is 4.19. The highest BCUT2D eigenvalue weighted by Gasteiger charge is 2.13. The monoisotopic (exact) mass is 236 g/mol. The predicted octanol–water partition coefficient (Wildman–Crippen LogP) is 0.864. The summed E-state index contributed by atoms with van der Waals surface area (Å²) in [6, 6.07) is 5.20. The second kappa shape index (κ2) is 6.57. The van der Waals surface area contributed by atoms with Crippen LogP contribution in [0.4, 0.5) is 0 Å². The number of rotatable bonds is 6. The van der Waals surface area contributed by atoms with Crippen LogP contribution in [0.25, 0.3) is 0 Å². The minimum atomic E-state index is 0.0380. The summed E-state index contributed by atoms with van der Waals surface area (Å²) in [5.41, 5.74) is 0.0380. The zero-order valence-electron chi connectivity index (χ0n) is 10.1. The molecule has 1 fully saturated rings. The Labute approximate surface area is 102 Å². The Kier molecular flexibility index (Phi) is 4.76. The van der Waals surface area contributed by atoms with Crippen LogP contribution >= 0.6 is 0 Å². The highest BCUT2D eigenvalue weighted by Crippen LogP contribution is 2.11. The van der Waals surface area contributed by atoms with Gasteiger partial charge in [0, 0.05) is 25.4 Å². The van der Waals surface area contributed by atoms with Crippen molar-refractivity contribution < 1.29 is 4.74 Å². The standard InChI is InChI=1S/C13H20N2O2/c16-13-3-1-2-7-15(13)8-10-17-9-5-12-4-6-14-11-12/h1-3,7,12,14H,4-6,8-11H2. The van der Waals surface area contributed by atoms with Crippen LogP contribution in [-0.2, 0) is 11.3 Å². The average molecular weight is 236 g/mol. The minimum Gasteiger partial charge on any atom is -0.380 e. The van der Waals surface area contributed by atoms with E-state index >= 15 is 0 Å². The third-order valence-corrected chi connectivity index (χ3v) is 3.21. The van der Waals surface area contributed by atoms with Gasteiger partial charge in [0.05, 0.1) is 6.61 Å². The summed E-state index contributed by atoms with van der Waals surface area (Å²) in [5, 5.41) is 3.35. The molecule has 4 heteroatoms. The normalized spacial score (nSPS) is 19.6. The Bertz CT molecular complexity index is 383. The Hall–Kier alpha value is -1.13. The van der Waals surface area contributed by atoms with Crippen molar-refractivity contribution in [1.82, 2.24) is 9.88 Å². The molecule has 94 valence electrons. The maximum absolute atomic E-state index is 11.4. The second-order valence-corrected chi connectivity index (χ2v) is 4.49. The summed E-state index contributed by atoms with van der Waals surface area (Å²) in [4.78, 5) is 11.4. The van der Waals surface area contributed by atoms with E-state index < -0.39 is 0 Å². The van der Waals surface area contributed by atoms with Gasteiger partial charge in [-0.25, -0.2) is 0 Å². The van der Waals surface area contributed by atoms with E-state index in [2.05, 4.69) is 5.32 Å². The maximum Gasteiger partial charge on any atom is 0.250 e. The van der Waals surface area contributed by atoms with Crippen molar-refractivity contribution in [3.63, 3.8) is 0 Å². The van der Waals surface area contributed by atoms with Gasteiger partial charge in [-0.15, -0.1) is 0 Å². The first-order chi connectivity index (χ1) is 8.36. The van der Waals surface area contributed by atoms with E-state index in [9.17, 15) is 4.79 Å². The fourth-order valence-corrected chi connectivity index (χ4v) is 2.12. The molecule has 1 atom stereocenters. The molecular formula is C13H20N2O2. The smallest absolute Gasteiger partial charge is 0.250 e. The minimum absolute atomic E-state index is 0.0380. The van der Waals surface area contributed by atoms with Gasteiger partial charge in [0.25, 0.3) is 5.56 Å². The molecule has 4 nitrogen and oxygen atoms in total. The summed E-state index contributed by atoms with van der Waals surface area (Å²) in [6.45, 7) is 4.33. The van der Waals surface area contributed by atoms with Gasteiger partial charge in [-0.05, 0) is 37.9 Å². The Balaban J connectivity index is 1.60.